The highest BCUT2D eigenvalue weighted by atomic mass is 32.2. The summed E-state index contributed by atoms with van der Waals surface area (Å²) in [6.07, 6.45) is -4.75. The molecule has 0 aromatic heterocycles. The van der Waals surface area contributed by atoms with Crippen molar-refractivity contribution < 1.29 is 26.4 Å². The molecule has 3 rings (SSSR count). The van der Waals surface area contributed by atoms with Crippen molar-refractivity contribution in [1.29, 1.82) is 0 Å². The minimum absolute atomic E-state index is 0.0642. The lowest BCUT2D eigenvalue weighted by atomic mass is 10.1. The van der Waals surface area contributed by atoms with Crippen LogP contribution in [-0.2, 0) is 27.4 Å². The molecule has 0 radical (unpaired) electrons. The van der Waals surface area contributed by atoms with E-state index >= 15 is 0 Å². The van der Waals surface area contributed by atoms with Gasteiger partial charge in [0.05, 0.1) is 16.9 Å². The summed E-state index contributed by atoms with van der Waals surface area (Å²) >= 11 is 0. The SMILES string of the molecule is CCN1CCN(S(=O)(=O)c2cccc(NC(=O)Cc3cccc(C(F)(F)F)c3)c2)CC1. The largest absolute Gasteiger partial charge is 0.416 e. The first kappa shape index (κ1) is 23.2. The highest BCUT2D eigenvalue weighted by Gasteiger charge is 2.30. The predicted octanol–water partition coefficient (Wildman–Crippen LogP) is 3.21. The second-order valence-corrected chi connectivity index (χ2v) is 9.23. The maximum Gasteiger partial charge on any atom is 0.416 e. The van der Waals surface area contributed by atoms with E-state index in [0.29, 0.717) is 26.2 Å². The Bertz CT molecular complexity index is 1030. The van der Waals surface area contributed by atoms with Crippen LogP contribution in [0.25, 0.3) is 0 Å². The van der Waals surface area contributed by atoms with Gasteiger partial charge in [-0.1, -0.05) is 31.2 Å². The van der Waals surface area contributed by atoms with Crippen LogP contribution in [0.2, 0.25) is 0 Å². The summed E-state index contributed by atoms with van der Waals surface area (Å²) < 4.78 is 65.8. The maximum absolute atomic E-state index is 12.9. The third-order valence-electron chi connectivity index (χ3n) is 5.15. The molecule has 2 aromatic rings. The number of amides is 1. The van der Waals surface area contributed by atoms with Crippen LogP contribution in [0.4, 0.5) is 18.9 Å². The van der Waals surface area contributed by atoms with Crippen LogP contribution in [0.5, 0.6) is 0 Å². The van der Waals surface area contributed by atoms with Crippen LogP contribution in [0.15, 0.2) is 53.4 Å². The molecule has 0 aliphatic carbocycles. The zero-order valence-electron chi connectivity index (χ0n) is 17.0. The number of piperazine rings is 1. The number of nitrogens with zero attached hydrogens (tertiary/aromatic N) is 2. The molecule has 1 saturated heterocycles. The van der Waals surface area contributed by atoms with E-state index in [1.54, 1.807) is 0 Å². The Morgan fingerprint density at radius 3 is 2.35 bits per heavy atom. The molecule has 0 unspecified atom stereocenters. The smallest absolute Gasteiger partial charge is 0.326 e. The summed E-state index contributed by atoms with van der Waals surface area (Å²) in [4.78, 5) is 14.5. The van der Waals surface area contributed by atoms with Crippen molar-refractivity contribution in [2.45, 2.75) is 24.4 Å². The van der Waals surface area contributed by atoms with Gasteiger partial charge in [0.25, 0.3) is 0 Å². The highest BCUT2D eigenvalue weighted by Crippen LogP contribution is 2.29. The van der Waals surface area contributed by atoms with Gasteiger partial charge in [-0.25, -0.2) is 8.42 Å². The number of likely N-dealkylation sites (N-methyl/N-ethyl adjacent to an activating group) is 1. The summed E-state index contributed by atoms with van der Waals surface area (Å²) in [6, 6.07) is 10.4. The van der Waals surface area contributed by atoms with Gasteiger partial charge in [0, 0.05) is 31.9 Å². The van der Waals surface area contributed by atoms with Crippen molar-refractivity contribution in [2.75, 3.05) is 38.0 Å². The maximum atomic E-state index is 12.9. The van der Waals surface area contributed by atoms with Crippen LogP contribution >= 0.6 is 0 Å². The van der Waals surface area contributed by atoms with Crippen LogP contribution < -0.4 is 5.32 Å². The second-order valence-electron chi connectivity index (χ2n) is 7.29. The third-order valence-corrected chi connectivity index (χ3v) is 7.05. The first-order valence-electron chi connectivity index (χ1n) is 9.88. The van der Waals surface area contributed by atoms with E-state index in [2.05, 4.69) is 10.2 Å². The van der Waals surface area contributed by atoms with Gasteiger partial charge in [0.15, 0.2) is 0 Å². The van der Waals surface area contributed by atoms with Gasteiger partial charge in [-0.05, 0) is 36.4 Å². The zero-order valence-corrected chi connectivity index (χ0v) is 17.8. The zero-order chi connectivity index (χ0) is 22.6. The number of benzene rings is 2. The molecule has 168 valence electrons. The predicted molar refractivity (Wildman–Crippen MR) is 111 cm³/mol. The van der Waals surface area contributed by atoms with Crippen molar-refractivity contribution in [2.24, 2.45) is 0 Å². The molecule has 1 heterocycles. The molecule has 0 spiro atoms. The number of hydrogen-bond donors (Lipinski definition) is 1. The first-order chi connectivity index (χ1) is 14.6. The van der Waals surface area contributed by atoms with Gasteiger partial charge in [-0.15, -0.1) is 0 Å². The third kappa shape index (κ3) is 5.84. The topological polar surface area (TPSA) is 69.7 Å². The number of alkyl halides is 3. The number of halogens is 3. The van der Waals surface area contributed by atoms with E-state index in [0.717, 1.165) is 18.7 Å². The summed E-state index contributed by atoms with van der Waals surface area (Å²) in [5.41, 5.74) is -0.343. The van der Waals surface area contributed by atoms with Crippen molar-refractivity contribution in [3.05, 3.63) is 59.7 Å². The van der Waals surface area contributed by atoms with Crippen molar-refractivity contribution in [3.8, 4) is 0 Å². The Kier molecular flexibility index (Phi) is 7.03. The van der Waals surface area contributed by atoms with Gasteiger partial charge in [-0.3, -0.25) is 4.79 Å². The standard InChI is InChI=1S/C21H24F3N3O3S/c1-2-26-9-11-27(12-10-26)31(29,30)19-8-4-7-18(15-19)25-20(28)14-16-5-3-6-17(13-16)21(22,23)24/h3-8,13,15H,2,9-12,14H2,1H3,(H,25,28). The molecule has 1 aliphatic rings. The van der Waals surface area contributed by atoms with Gasteiger partial charge < -0.3 is 10.2 Å². The average molecular weight is 456 g/mol. The number of nitrogens with one attached hydrogen (secondary N) is 1. The van der Waals surface area contributed by atoms with E-state index in [-0.39, 0.29) is 22.6 Å². The molecule has 1 fully saturated rings. The lowest BCUT2D eigenvalue weighted by Crippen LogP contribution is -2.48. The number of rotatable bonds is 6. The number of carbonyl (C=O) groups is 1. The summed E-state index contributed by atoms with van der Waals surface area (Å²) in [5, 5.41) is 2.57. The Labute approximate surface area is 179 Å². The molecule has 31 heavy (non-hydrogen) atoms. The highest BCUT2D eigenvalue weighted by molar-refractivity contribution is 7.89. The van der Waals surface area contributed by atoms with E-state index in [1.165, 1.54) is 40.7 Å². The van der Waals surface area contributed by atoms with Crippen LogP contribution in [0.1, 0.15) is 18.1 Å². The summed E-state index contributed by atoms with van der Waals surface area (Å²) in [7, 11) is -3.70. The van der Waals surface area contributed by atoms with E-state index in [1.807, 2.05) is 6.92 Å². The molecular formula is C21H24F3N3O3S. The monoisotopic (exact) mass is 455 g/mol. The molecule has 1 amide bonds. The van der Waals surface area contributed by atoms with Gasteiger partial charge in [0.2, 0.25) is 15.9 Å². The molecular weight excluding hydrogens is 431 g/mol. The fourth-order valence-corrected chi connectivity index (χ4v) is 4.89. The molecule has 6 nitrogen and oxygen atoms in total. The van der Waals surface area contributed by atoms with Crippen LogP contribution in [0, 0.1) is 0 Å². The number of anilines is 1. The molecule has 0 bridgehead atoms. The molecule has 1 N–H and O–H groups in total. The lowest BCUT2D eigenvalue weighted by molar-refractivity contribution is -0.137. The number of hydrogen-bond acceptors (Lipinski definition) is 4. The Morgan fingerprint density at radius 1 is 1.03 bits per heavy atom. The molecule has 2 aromatic carbocycles. The minimum atomic E-state index is -4.49. The fraction of sp³-hybridized carbons (Fsp3) is 0.381. The van der Waals surface area contributed by atoms with Crippen molar-refractivity contribution in [1.82, 2.24) is 9.21 Å². The Hall–Kier alpha value is -2.43. The summed E-state index contributed by atoms with van der Waals surface area (Å²) in [5.74, 6) is -0.537. The van der Waals surface area contributed by atoms with Gasteiger partial charge in [0.1, 0.15) is 0 Å². The summed E-state index contributed by atoms with van der Waals surface area (Å²) in [6.45, 7) is 4.98. The normalized spacial score (nSPS) is 16.3. The molecule has 0 saturated carbocycles. The fourth-order valence-electron chi connectivity index (χ4n) is 3.42. The van der Waals surface area contributed by atoms with Crippen molar-refractivity contribution >= 4 is 21.6 Å². The Balaban J connectivity index is 1.68. The van der Waals surface area contributed by atoms with Crippen LogP contribution in [0.3, 0.4) is 0 Å². The molecule has 0 atom stereocenters. The van der Waals surface area contributed by atoms with E-state index in [9.17, 15) is 26.4 Å². The van der Waals surface area contributed by atoms with Gasteiger partial charge >= 0.3 is 6.18 Å². The number of sulfonamides is 1. The van der Waals surface area contributed by atoms with E-state index < -0.39 is 27.7 Å². The minimum Gasteiger partial charge on any atom is -0.326 e. The second kappa shape index (κ2) is 9.37. The quantitative estimate of drug-likeness (QED) is 0.726. The average Bonchev–Trinajstić information content (AvgIpc) is 2.73. The molecule has 10 heteroatoms. The van der Waals surface area contributed by atoms with E-state index in [4.69, 9.17) is 0 Å². The van der Waals surface area contributed by atoms with Crippen molar-refractivity contribution in [3.63, 3.8) is 0 Å². The first-order valence-corrected chi connectivity index (χ1v) is 11.3. The van der Waals surface area contributed by atoms with Crippen LogP contribution in [-0.4, -0.2) is 56.3 Å². The molecule has 1 aliphatic heterocycles. The Morgan fingerprint density at radius 2 is 1.71 bits per heavy atom. The number of carbonyl (C=O) groups excluding carboxylic acids is 1. The lowest BCUT2D eigenvalue weighted by Gasteiger charge is -2.33. The van der Waals surface area contributed by atoms with Gasteiger partial charge in [-0.2, -0.15) is 17.5 Å².